The van der Waals surface area contributed by atoms with Gasteiger partial charge in [0.1, 0.15) is 19.8 Å². The lowest BCUT2D eigenvalue weighted by atomic mass is 10.1. The molecule has 2 unspecified atom stereocenters. The summed E-state index contributed by atoms with van der Waals surface area (Å²) < 4.78 is 34.3. The number of carbonyl (C=O) groups excluding carboxylic acids is 2. The molecule has 0 aromatic heterocycles. The maximum absolute atomic E-state index is 12.7. The van der Waals surface area contributed by atoms with Gasteiger partial charge in [-0.2, -0.15) is 0 Å². The number of aliphatic hydroxyl groups excluding tert-OH is 1. The van der Waals surface area contributed by atoms with E-state index in [2.05, 4.69) is 68.5 Å². The zero-order valence-corrected chi connectivity index (χ0v) is 41.5. The number of phosphoric ester groups is 1. The Hall–Kier alpha value is -3.37. The second-order valence-corrected chi connectivity index (χ2v) is 18.4. The van der Waals surface area contributed by atoms with Gasteiger partial charge in [-0.05, 0) is 83.5 Å². The number of hydrogen-bond donors (Lipinski definition) is 2. The molecule has 64 heavy (non-hydrogen) atoms. The van der Waals surface area contributed by atoms with Crippen LogP contribution in [-0.4, -0.2) is 86.1 Å². The number of phosphoric acid groups is 1. The van der Waals surface area contributed by atoms with E-state index in [4.69, 9.17) is 18.5 Å². The topological polar surface area (TPSA) is 129 Å². The SMILES string of the molecule is CC/C=C\C/C=C\CC(O)/C=C/C=C\C/C=C\C/C=C\CCC(=O)OC[C@H](COP(=O)(O)OCC[N+](C)(C)C)OC(=O)CCCCCCCC/C=C\C/C=C\C/C=C\CCCCCC. The maximum atomic E-state index is 12.7. The summed E-state index contributed by atoms with van der Waals surface area (Å²) in [7, 11) is 1.38. The molecule has 10 nitrogen and oxygen atoms in total. The molecule has 0 aliphatic carbocycles. The first-order chi connectivity index (χ1) is 30.9. The summed E-state index contributed by atoms with van der Waals surface area (Å²) in [5, 5.41) is 10.0. The predicted octanol–water partition coefficient (Wildman–Crippen LogP) is 13.3. The summed E-state index contributed by atoms with van der Waals surface area (Å²) in [6, 6.07) is 0. The smallest absolute Gasteiger partial charge is 0.462 e. The molecule has 0 rings (SSSR count). The van der Waals surface area contributed by atoms with Gasteiger partial charge in [0.2, 0.25) is 0 Å². The van der Waals surface area contributed by atoms with Gasteiger partial charge in [0.15, 0.2) is 6.10 Å². The van der Waals surface area contributed by atoms with Crippen molar-refractivity contribution in [3.63, 3.8) is 0 Å². The molecule has 0 aliphatic rings. The summed E-state index contributed by atoms with van der Waals surface area (Å²) in [6.07, 6.45) is 56.1. The van der Waals surface area contributed by atoms with Crippen LogP contribution in [0.25, 0.3) is 0 Å². The molecule has 364 valence electrons. The number of carbonyl (C=O) groups is 2. The van der Waals surface area contributed by atoms with Crippen molar-refractivity contribution in [2.75, 3.05) is 47.5 Å². The van der Waals surface area contributed by atoms with Gasteiger partial charge in [-0.25, -0.2) is 4.57 Å². The van der Waals surface area contributed by atoms with Crippen molar-refractivity contribution in [3.05, 3.63) is 109 Å². The molecule has 0 aliphatic heterocycles. The third-order valence-corrected chi connectivity index (χ3v) is 10.6. The number of unbranched alkanes of at least 4 members (excludes halogenated alkanes) is 10. The minimum atomic E-state index is -4.42. The first-order valence-electron chi connectivity index (χ1n) is 24.2. The highest BCUT2D eigenvalue weighted by Crippen LogP contribution is 2.43. The predicted molar refractivity (Wildman–Crippen MR) is 267 cm³/mol. The van der Waals surface area contributed by atoms with Crippen LogP contribution < -0.4 is 0 Å². The van der Waals surface area contributed by atoms with Crippen molar-refractivity contribution in [1.82, 2.24) is 0 Å². The van der Waals surface area contributed by atoms with Crippen LogP contribution in [0, 0.1) is 0 Å². The average Bonchev–Trinajstić information content (AvgIpc) is 3.25. The molecule has 0 saturated carbocycles. The van der Waals surface area contributed by atoms with Crippen LogP contribution in [0.1, 0.15) is 155 Å². The van der Waals surface area contributed by atoms with Gasteiger partial charge in [0, 0.05) is 12.8 Å². The van der Waals surface area contributed by atoms with Crippen LogP contribution in [0.3, 0.4) is 0 Å². The third-order valence-electron chi connectivity index (χ3n) is 9.63. The van der Waals surface area contributed by atoms with Gasteiger partial charge in [-0.3, -0.25) is 18.6 Å². The van der Waals surface area contributed by atoms with E-state index in [0.717, 1.165) is 77.0 Å². The van der Waals surface area contributed by atoms with Crippen LogP contribution in [0.4, 0.5) is 0 Å². The van der Waals surface area contributed by atoms with Crippen molar-refractivity contribution in [3.8, 4) is 0 Å². The fourth-order valence-corrected chi connectivity index (χ4v) is 6.58. The summed E-state index contributed by atoms with van der Waals surface area (Å²) in [5.41, 5.74) is 0. The monoisotopic (exact) mass is 915 g/mol. The Balaban J connectivity index is 4.52. The summed E-state index contributed by atoms with van der Waals surface area (Å²) in [5.74, 6) is -0.951. The normalized spacial score (nSPS) is 14.9. The van der Waals surface area contributed by atoms with Gasteiger partial charge in [0.05, 0.1) is 33.9 Å². The molecule has 0 heterocycles. The Morgan fingerprint density at radius 1 is 0.578 bits per heavy atom. The van der Waals surface area contributed by atoms with Crippen molar-refractivity contribution in [2.45, 2.75) is 167 Å². The number of nitrogens with zero attached hydrogens (tertiary/aromatic N) is 1. The highest BCUT2D eigenvalue weighted by atomic mass is 31.2. The van der Waals surface area contributed by atoms with Gasteiger partial charge in [-0.1, -0.05) is 168 Å². The average molecular weight is 915 g/mol. The van der Waals surface area contributed by atoms with Gasteiger partial charge in [0.25, 0.3) is 0 Å². The lowest BCUT2D eigenvalue weighted by Gasteiger charge is -2.24. The number of ether oxygens (including phenoxy) is 2. The first kappa shape index (κ1) is 60.6. The fourth-order valence-electron chi connectivity index (χ4n) is 5.84. The molecular weight excluding hydrogens is 826 g/mol. The highest BCUT2D eigenvalue weighted by Gasteiger charge is 2.27. The number of esters is 2. The van der Waals surface area contributed by atoms with E-state index in [9.17, 15) is 24.2 Å². The largest absolute Gasteiger partial charge is 0.472 e. The Morgan fingerprint density at radius 2 is 1.11 bits per heavy atom. The lowest BCUT2D eigenvalue weighted by Crippen LogP contribution is -2.37. The van der Waals surface area contributed by atoms with Gasteiger partial charge < -0.3 is 24.0 Å². The molecular formula is C53H89NO9P+. The van der Waals surface area contributed by atoms with Crippen molar-refractivity contribution in [1.29, 1.82) is 0 Å². The van der Waals surface area contributed by atoms with Gasteiger partial charge >= 0.3 is 19.8 Å². The van der Waals surface area contributed by atoms with Gasteiger partial charge in [-0.15, -0.1) is 0 Å². The Morgan fingerprint density at radius 3 is 1.72 bits per heavy atom. The lowest BCUT2D eigenvalue weighted by molar-refractivity contribution is -0.870. The molecule has 0 bridgehead atoms. The van der Waals surface area contributed by atoms with E-state index >= 15 is 0 Å². The molecule has 0 amide bonds. The molecule has 0 spiro atoms. The van der Waals surface area contributed by atoms with Crippen LogP contribution in [0.2, 0.25) is 0 Å². The maximum Gasteiger partial charge on any atom is 0.472 e. The standard InChI is InChI=1S/C53H88NO9P/c1-6-8-10-12-14-15-16-17-18-19-20-21-22-23-24-25-30-33-37-41-45-53(57)63-51(49-62-64(58,59)61-47-46-54(3,4)5)48-60-52(56)44-40-36-32-29-27-26-28-31-35-39-43-50(55)42-38-34-13-11-9-7-2/h9,11,15-16,18-19,21-22,26-27,31-32,34-36,38-39,43,50-51,55H,6-8,10,12-14,17,20,23-25,28-30,33,37,40-42,44-49H2,1-5H3/p+1/b11-9-,16-15-,19-18-,22-21-,27-26-,35-31-,36-32-,38-34-,43-39+/t50?,51-/m1/s1. The molecule has 0 saturated heterocycles. The second-order valence-electron chi connectivity index (χ2n) is 17.0. The van der Waals surface area contributed by atoms with E-state index < -0.39 is 38.6 Å². The Bertz CT molecular complexity index is 1470. The molecule has 11 heteroatoms. The molecule has 0 aromatic carbocycles. The molecule has 0 aromatic rings. The van der Waals surface area contributed by atoms with Crippen LogP contribution >= 0.6 is 7.82 Å². The number of hydrogen-bond acceptors (Lipinski definition) is 8. The Kier molecular flexibility index (Phi) is 41.2. The molecule has 3 atom stereocenters. The summed E-state index contributed by atoms with van der Waals surface area (Å²) in [6.45, 7) is 4.09. The number of rotatable bonds is 42. The minimum absolute atomic E-state index is 0.00276. The van der Waals surface area contributed by atoms with Crippen LogP contribution in [0.15, 0.2) is 109 Å². The number of aliphatic hydroxyl groups is 1. The van der Waals surface area contributed by atoms with Crippen molar-refractivity contribution < 1.29 is 47.2 Å². The van der Waals surface area contributed by atoms with E-state index in [-0.39, 0.29) is 26.1 Å². The number of allylic oxidation sites excluding steroid dienone is 16. The highest BCUT2D eigenvalue weighted by molar-refractivity contribution is 7.47. The molecule has 0 radical (unpaired) electrons. The quantitative estimate of drug-likeness (QED) is 0.0154. The van der Waals surface area contributed by atoms with E-state index in [0.29, 0.717) is 30.3 Å². The second kappa shape index (κ2) is 43.5. The summed E-state index contributed by atoms with van der Waals surface area (Å²) >= 11 is 0. The molecule has 2 N–H and O–H groups in total. The van der Waals surface area contributed by atoms with Crippen LogP contribution in [0.5, 0.6) is 0 Å². The van der Waals surface area contributed by atoms with E-state index in [1.807, 2.05) is 69.8 Å². The zero-order chi connectivity index (χ0) is 47.3. The Labute approximate surface area is 389 Å². The zero-order valence-electron chi connectivity index (χ0n) is 40.6. The number of quaternary nitrogens is 1. The van der Waals surface area contributed by atoms with Crippen molar-refractivity contribution >= 4 is 19.8 Å². The van der Waals surface area contributed by atoms with E-state index in [1.54, 1.807) is 6.08 Å². The van der Waals surface area contributed by atoms with E-state index in [1.165, 1.54) is 32.1 Å². The van der Waals surface area contributed by atoms with Crippen LogP contribution in [-0.2, 0) is 32.7 Å². The van der Waals surface area contributed by atoms with Crippen molar-refractivity contribution in [2.24, 2.45) is 0 Å². The number of likely N-dealkylation sites (N-methyl/N-ethyl adjacent to an activating group) is 1. The first-order valence-corrected chi connectivity index (χ1v) is 25.7. The summed E-state index contributed by atoms with van der Waals surface area (Å²) in [4.78, 5) is 35.5. The third kappa shape index (κ3) is 46.6. The minimum Gasteiger partial charge on any atom is -0.462 e. The molecule has 0 fully saturated rings. The fraction of sp³-hybridized carbons (Fsp3) is 0.623.